The maximum Gasteiger partial charge on any atom is 0.341 e. The van der Waals surface area contributed by atoms with Crippen molar-refractivity contribution >= 4 is 31.7 Å². The van der Waals surface area contributed by atoms with E-state index in [-0.39, 0.29) is 6.42 Å². The Hall–Kier alpha value is -2.31. The molecule has 0 bridgehead atoms. The number of benzene rings is 2. The summed E-state index contributed by atoms with van der Waals surface area (Å²) < 4.78 is 48.5. The number of carbonyl (C=O) groups is 1. The first-order chi connectivity index (χ1) is 12.2. The van der Waals surface area contributed by atoms with Crippen molar-refractivity contribution in [3.8, 4) is 6.07 Å². The van der Waals surface area contributed by atoms with Gasteiger partial charge >= 0.3 is 5.76 Å². The van der Waals surface area contributed by atoms with Crippen LogP contribution in [0.25, 0.3) is 0 Å². The van der Waals surface area contributed by atoms with Gasteiger partial charge in [-0.15, -0.1) is 0 Å². The third kappa shape index (κ3) is 4.86. The predicted molar refractivity (Wildman–Crippen MR) is 94.0 cm³/mol. The molecule has 26 heavy (non-hydrogen) atoms. The predicted octanol–water partition coefficient (Wildman–Crippen LogP) is 3.37. The van der Waals surface area contributed by atoms with Crippen LogP contribution >= 0.6 is 15.9 Å². The number of rotatable bonds is 6. The van der Waals surface area contributed by atoms with Gasteiger partial charge in [0.05, 0.1) is 17.4 Å². The van der Waals surface area contributed by atoms with Crippen LogP contribution in [0.5, 0.6) is 0 Å². The van der Waals surface area contributed by atoms with Gasteiger partial charge in [-0.1, -0.05) is 40.2 Å². The van der Waals surface area contributed by atoms with Gasteiger partial charge in [0.15, 0.2) is 0 Å². The zero-order valence-electron chi connectivity index (χ0n) is 13.2. The van der Waals surface area contributed by atoms with Crippen LogP contribution in [0.2, 0.25) is 0 Å². The molecule has 2 aromatic rings. The third-order valence-corrected chi connectivity index (χ3v) is 5.36. The quantitative estimate of drug-likeness (QED) is 0.742. The zero-order chi connectivity index (χ0) is 19.3. The molecule has 0 radical (unpaired) electrons. The minimum atomic E-state index is -4.67. The van der Waals surface area contributed by atoms with Gasteiger partial charge < -0.3 is 5.32 Å². The van der Waals surface area contributed by atoms with Gasteiger partial charge in [0, 0.05) is 4.47 Å². The number of hydrogen-bond acceptors (Lipinski definition) is 4. The summed E-state index contributed by atoms with van der Waals surface area (Å²) in [6, 6.07) is 12.7. The summed E-state index contributed by atoms with van der Waals surface area (Å²) in [6.45, 7) is 0. The number of nitrogens with one attached hydrogen (secondary N) is 1. The molecule has 0 saturated carbocycles. The van der Waals surface area contributed by atoms with Crippen molar-refractivity contribution in [1.82, 2.24) is 5.32 Å². The number of hydrogen-bond donors (Lipinski definition) is 1. The van der Waals surface area contributed by atoms with E-state index in [2.05, 4.69) is 21.2 Å². The molecular weight excluding hydrogens is 430 g/mol. The molecule has 1 amide bonds. The molecule has 0 saturated heterocycles. The van der Waals surface area contributed by atoms with Crippen molar-refractivity contribution in [3.63, 3.8) is 0 Å². The summed E-state index contributed by atoms with van der Waals surface area (Å²) in [5.74, 6) is -3.96. The summed E-state index contributed by atoms with van der Waals surface area (Å²) in [7, 11) is -4.67. The molecule has 5 nitrogen and oxygen atoms in total. The van der Waals surface area contributed by atoms with E-state index in [0.717, 1.165) is 16.6 Å². The van der Waals surface area contributed by atoms with E-state index in [4.69, 9.17) is 0 Å². The molecule has 0 aliphatic carbocycles. The SMILES string of the molecule is N#C[C@H](NC(=O)Cc1ccc(S(=O)(=O)C(F)F)cc1)c1cccc(Br)c1. The Morgan fingerprint density at radius 1 is 1.19 bits per heavy atom. The largest absolute Gasteiger partial charge is 0.341 e. The number of halogens is 3. The molecule has 2 aromatic carbocycles. The maximum absolute atomic E-state index is 12.5. The molecule has 9 heteroatoms. The first kappa shape index (κ1) is 20.0. The number of nitrogens with zero attached hydrogens (tertiary/aromatic N) is 1. The standard InChI is InChI=1S/C17H13BrF2N2O3S/c18-13-3-1-2-12(9-13)15(10-21)22-16(23)8-11-4-6-14(7-5-11)26(24,25)17(19)20/h1-7,9,15,17H,8H2,(H,22,23)/t15-/m0/s1. The van der Waals surface area contributed by atoms with Crippen molar-refractivity contribution in [2.45, 2.75) is 23.1 Å². The lowest BCUT2D eigenvalue weighted by Crippen LogP contribution is -2.29. The summed E-state index contributed by atoms with van der Waals surface area (Å²) in [6.07, 6.45) is -0.124. The van der Waals surface area contributed by atoms with Gasteiger partial charge in [-0.2, -0.15) is 14.0 Å². The Morgan fingerprint density at radius 3 is 2.38 bits per heavy atom. The van der Waals surface area contributed by atoms with E-state index in [9.17, 15) is 27.3 Å². The van der Waals surface area contributed by atoms with E-state index in [1.54, 1.807) is 24.3 Å². The van der Waals surface area contributed by atoms with Crippen molar-refractivity contribution in [2.24, 2.45) is 0 Å². The van der Waals surface area contributed by atoms with E-state index in [1.807, 2.05) is 6.07 Å². The number of sulfone groups is 1. The van der Waals surface area contributed by atoms with E-state index in [1.165, 1.54) is 12.1 Å². The second-order valence-electron chi connectivity index (χ2n) is 5.31. The highest BCUT2D eigenvalue weighted by Crippen LogP contribution is 2.20. The molecule has 0 aliphatic heterocycles. The van der Waals surface area contributed by atoms with Crippen LogP contribution in [0.3, 0.4) is 0 Å². The molecule has 0 heterocycles. The smallest absolute Gasteiger partial charge is 0.336 e. The fraction of sp³-hybridized carbons (Fsp3) is 0.176. The Balaban J connectivity index is 2.07. The van der Waals surface area contributed by atoms with Crippen LogP contribution in [0, 0.1) is 11.3 Å². The van der Waals surface area contributed by atoms with Crippen LogP contribution < -0.4 is 5.32 Å². The third-order valence-electron chi connectivity index (χ3n) is 3.47. The van der Waals surface area contributed by atoms with Crippen molar-refractivity contribution in [3.05, 3.63) is 64.1 Å². The van der Waals surface area contributed by atoms with Crippen molar-refractivity contribution in [1.29, 1.82) is 5.26 Å². The van der Waals surface area contributed by atoms with Gasteiger partial charge in [0.2, 0.25) is 15.7 Å². The van der Waals surface area contributed by atoms with Gasteiger partial charge in [-0.25, -0.2) is 8.42 Å². The highest BCUT2D eigenvalue weighted by Gasteiger charge is 2.26. The second-order valence-corrected chi connectivity index (χ2v) is 8.14. The molecular formula is C17H13BrF2N2O3S. The Bertz CT molecular complexity index is 941. The number of alkyl halides is 2. The molecule has 1 atom stereocenters. The van der Waals surface area contributed by atoms with Gasteiger partial charge in [0.25, 0.3) is 0 Å². The number of nitriles is 1. The fourth-order valence-corrected chi connectivity index (χ4v) is 3.31. The monoisotopic (exact) mass is 442 g/mol. The Labute approximate surface area is 157 Å². The topological polar surface area (TPSA) is 87.0 Å². The maximum atomic E-state index is 12.5. The fourth-order valence-electron chi connectivity index (χ4n) is 2.17. The second kappa shape index (κ2) is 8.38. The minimum Gasteiger partial charge on any atom is -0.336 e. The normalized spacial score (nSPS) is 12.4. The van der Waals surface area contributed by atoms with E-state index >= 15 is 0 Å². The van der Waals surface area contributed by atoms with E-state index in [0.29, 0.717) is 11.1 Å². The summed E-state index contributed by atoms with van der Waals surface area (Å²) in [5, 5.41) is 11.8. The van der Waals surface area contributed by atoms with Crippen molar-refractivity contribution < 1.29 is 22.0 Å². The van der Waals surface area contributed by atoms with Crippen LogP contribution in [0.4, 0.5) is 8.78 Å². The van der Waals surface area contributed by atoms with E-state index < -0.39 is 32.4 Å². The molecule has 0 aliphatic rings. The minimum absolute atomic E-state index is 0.124. The first-order valence-electron chi connectivity index (χ1n) is 7.29. The lowest BCUT2D eigenvalue weighted by Gasteiger charge is -2.12. The number of carbonyl (C=O) groups excluding carboxylic acids is 1. The van der Waals surface area contributed by atoms with Crippen LogP contribution in [-0.2, 0) is 21.1 Å². The molecule has 0 aromatic heterocycles. The Morgan fingerprint density at radius 2 is 1.85 bits per heavy atom. The molecule has 0 spiro atoms. The molecule has 0 fully saturated rings. The lowest BCUT2D eigenvalue weighted by atomic mass is 10.1. The highest BCUT2D eigenvalue weighted by molar-refractivity contribution is 9.10. The Kier molecular flexibility index (Phi) is 6.45. The lowest BCUT2D eigenvalue weighted by molar-refractivity contribution is -0.120. The average molecular weight is 443 g/mol. The van der Waals surface area contributed by atoms with Gasteiger partial charge in [0.1, 0.15) is 6.04 Å². The summed E-state index contributed by atoms with van der Waals surface area (Å²) in [5.41, 5.74) is 1.04. The first-order valence-corrected chi connectivity index (χ1v) is 9.63. The molecule has 0 unspecified atom stereocenters. The van der Waals surface area contributed by atoms with Crippen molar-refractivity contribution in [2.75, 3.05) is 0 Å². The average Bonchev–Trinajstić information content (AvgIpc) is 2.60. The van der Waals surface area contributed by atoms with Gasteiger partial charge in [-0.3, -0.25) is 4.79 Å². The summed E-state index contributed by atoms with van der Waals surface area (Å²) >= 11 is 3.29. The zero-order valence-corrected chi connectivity index (χ0v) is 15.6. The summed E-state index contributed by atoms with van der Waals surface area (Å²) in [4.78, 5) is 11.6. The number of amides is 1. The van der Waals surface area contributed by atoms with Crippen LogP contribution in [-0.4, -0.2) is 20.1 Å². The van der Waals surface area contributed by atoms with Gasteiger partial charge in [-0.05, 0) is 35.4 Å². The highest BCUT2D eigenvalue weighted by atomic mass is 79.9. The molecule has 1 N–H and O–H groups in total. The van der Waals surface area contributed by atoms with Crippen LogP contribution in [0.1, 0.15) is 17.2 Å². The van der Waals surface area contributed by atoms with Crippen LogP contribution in [0.15, 0.2) is 57.9 Å². The molecule has 2 rings (SSSR count). The molecule has 136 valence electrons.